The van der Waals surface area contributed by atoms with Crippen LogP contribution in [0.1, 0.15) is 19.4 Å². The third-order valence-electron chi connectivity index (χ3n) is 2.84. The van der Waals surface area contributed by atoms with E-state index in [0.717, 1.165) is 31.7 Å². The van der Waals surface area contributed by atoms with Gasteiger partial charge in [-0.3, -0.25) is 4.68 Å². The van der Waals surface area contributed by atoms with Crippen LogP contribution in [0.4, 0.5) is 8.78 Å². The summed E-state index contributed by atoms with van der Waals surface area (Å²) >= 11 is 0. The van der Waals surface area contributed by atoms with Gasteiger partial charge >= 0.3 is 0 Å². The van der Waals surface area contributed by atoms with Crippen LogP contribution in [0.3, 0.4) is 0 Å². The maximum absolute atomic E-state index is 12.1. The largest absolute Gasteiger partial charge is 0.311 e. The van der Waals surface area contributed by atoms with E-state index in [9.17, 15) is 8.78 Å². The summed E-state index contributed by atoms with van der Waals surface area (Å²) in [7, 11) is 0. The van der Waals surface area contributed by atoms with E-state index >= 15 is 0 Å². The standard InChI is InChI=1S/C12H22F2N4/c1-3-17(4-2)6-5-15-7-11-8-16-18(9-11)10-12(13)14/h8-9,12,15H,3-7,10H2,1-2H3. The highest BCUT2D eigenvalue weighted by atomic mass is 19.3. The summed E-state index contributed by atoms with van der Waals surface area (Å²) in [5, 5.41) is 7.17. The van der Waals surface area contributed by atoms with E-state index in [1.165, 1.54) is 4.68 Å². The Labute approximate surface area is 107 Å². The van der Waals surface area contributed by atoms with Crippen molar-refractivity contribution in [1.29, 1.82) is 0 Å². The van der Waals surface area contributed by atoms with Crippen molar-refractivity contribution in [1.82, 2.24) is 20.0 Å². The van der Waals surface area contributed by atoms with Crippen LogP contribution in [0.25, 0.3) is 0 Å². The number of aromatic nitrogens is 2. The lowest BCUT2D eigenvalue weighted by molar-refractivity contribution is 0.122. The van der Waals surface area contributed by atoms with Gasteiger partial charge in [0, 0.05) is 31.4 Å². The lowest BCUT2D eigenvalue weighted by Gasteiger charge is -2.17. The van der Waals surface area contributed by atoms with Gasteiger partial charge in [0.1, 0.15) is 6.54 Å². The van der Waals surface area contributed by atoms with Crippen molar-refractivity contribution < 1.29 is 8.78 Å². The van der Waals surface area contributed by atoms with Crippen molar-refractivity contribution in [3.05, 3.63) is 18.0 Å². The van der Waals surface area contributed by atoms with Gasteiger partial charge in [0.2, 0.25) is 0 Å². The molecular weight excluding hydrogens is 238 g/mol. The number of alkyl halides is 2. The quantitative estimate of drug-likeness (QED) is 0.684. The van der Waals surface area contributed by atoms with Crippen molar-refractivity contribution in [2.75, 3.05) is 26.2 Å². The molecule has 0 aliphatic heterocycles. The molecule has 0 spiro atoms. The summed E-state index contributed by atoms with van der Waals surface area (Å²) < 4.78 is 25.5. The Bertz CT molecular complexity index is 324. The first kappa shape index (κ1) is 15.0. The monoisotopic (exact) mass is 260 g/mol. The van der Waals surface area contributed by atoms with Crippen LogP contribution in [-0.4, -0.2) is 47.3 Å². The average Bonchev–Trinajstić information content (AvgIpc) is 2.76. The fourth-order valence-corrected chi connectivity index (χ4v) is 1.75. The predicted molar refractivity (Wildman–Crippen MR) is 67.7 cm³/mol. The number of hydrogen-bond acceptors (Lipinski definition) is 3. The molecule has 104 valence electrons. The Morgan fingerprint density at radius 2 is 2.11 bits per heavy atom. The Kier molecular flexibility index (Phi) is 6.82. The lowest BCUT2D eigenvalue weighted by atomic mass is 10.3. The Morgan fingerprint density at radius 1 is 1.39 bits per heavy atom. The molecule has 4 nitrogen and oxygen atoms in total. The summed E-state index contributed by atoms with van der Waals surface area (Å²) in [6, 6.07) is 0. The molecule has 0 radical (unpaired) electrons. The van der Waals surface area contributed by atoms with E-state index in [0.29, 0.717) is 6.54 Å². The van der Waals surface area contributed by atoms with Crippen LogP contribution in [-0.2, 0) is 13.1 Å². The minimum Gasteiger partial charge on any atom is -0.311 e. The summed E-state index contributed by atoms with van der Waals surface area (Å²) in [6.45, 7) is 8.59. The number of rotatable bonds is 9. The molecular formula is C12H22F2N4. The molecule has 0 atom stereocenters. The number of nitrogens with one attached hydrogen (secondary N) is 1. The van der Waals surface area contributed by atoms with Crippen molar-refractivity contribution in [2.45, 2.75) is 33.4 Å². The zero-order valence-corrected chi connectivity index (χ0v) is 11.1. The summed E-state index contributed by atoms with van der Waals surface area (Å²) in [5.74, 6) is 0. The molecule has 1 heterocycles. The minimum atomic E-state index is -2.35. The Hall–Kier alpha value is -1.01. The molecule has 6 heteroatoms. The zero-order chi connectivity index (χ0) is 13.4. The van der Waals surface area contributed by atoms with E-state index in [4.69, 9.17) is 0 Å². The highest BCUT2D eigenvalue weighted by molar-refractivity contribution is 5.03. The molecule has 0 aliphatic carbocycles. The lowest BCUT2D eigenvalue weighted by Crippen LogP contribution is -2.31. The molecule has 1 rings (SSSR count). The van der Waals surface area contributed by atoms with Crippen LogP contribution in [0.2, 0.25) is 0 Å². The van der Waals surface area contributed by atoms with E-state index in [-0.39, 0.29) is 6.54 Å². The minimum absolute atomic E-state index is 0.334. The summed E-state index contributed by atoms with van der Waals surface area (Å²) in [6.07, 6.45) is 0.942. The fraction of sp³-hybridized carbons (Fsp3) is 0.750. The molecule has 0 saturated heterocycles. The molecule has 0 amide bonds. The number of halogens is 2. The van der Waals surface area contributed by atoms with Gasteiger partial charge in [-0.1, -0.05) is 13.8 Å². The van der Waals surface area contributed by atoms with Crippen molar-refractivity contribution >= 4 is 0 Å². The molecule has 1 aromatic rings. The van der Waals surface area contributed by atoms with Crippen LogP contribution >= 0.6 is 0 Å². The van der Waals surface area contributed by atoms with Gasteiger partial charge in [0.05, 0.1) is 6.20 Å². The van der Waals surface area contributed by atoms with Crippen LogP contribution in [0.5, 0.6) is 0 Å². The second-order valence-corrected chi connectivity index (χ2v) is 4.17. The zero-order valence-electron chi connectivity index (χ0n) is 11.1. The van der Waals surface area contributed by atoms with Gasteiger partial charge in [-0.15, -0.1) is 0 Å². The molecule has 1 N–H and O–H groups in total. The number of nitrogens with zero attached hydrogens (tertiary/aromatic N) is 3. The first-order valence-electron chi connectivity index (χ1n) is 6.38. The van der Waals surface area contributed by atoms with Gasteiger partial charge < -0.3 is 10.2 Å². The number of hydrogen-bond donors (Lipinski definition) is 1. The smallest absolute Gasteiger partial charge is 0.257 e. The average molecular weight is 260 g/mol. The van der Waals surface area contributed by atoms with Gasteiger partial charge in [-0.25, -0.2) is 8.78 Å². The van der Waals surface area contributed by atoms with Gasteiger partial charge in [0.25, 0.3) is 6.43 Å². The maximum atomic E-state index is 12.1. The van der Waals surface area contributed by atoms with Crippen molar-refractivity contribution in [3.8, 4) is 0 Å². The van der Waals surface area contributed by atoms with E-state index in [2.05, 4.69) is 29.2 Å². The first-order chi connectivity index (χ1) is 8.65. The van der Waals surface area contributed by atoms with Crippen LogP contribution in [0.15, 0.2) is 12.4 Å². The summed E-state index contributed by atoms with van der Waals surface area (Å²) in [4.78, 5) is 2.33. The van der Waals surface area contributed by atoms with Gasteiger partial charge in [0.15, 0.2) is 0 Å². The number of likely N-dealkylation sites (N-methyl/N-ethyl adjacent to an activating group) is 1. The van der Waals surface area contributed by atoms with Crippen LogP contribution in [0, 0.1) is 0 Å². The molecule has 0 bridgehead atoms. The molecule has 0 unspecified atom stereocenters. The Balaban J connectivity index is 2.21. The molecule has 1 aromatic heterocycles. The predicted octanol–water partition coefficient (Wildman–Crippen LogP) is 1.58. The summed E-state index contributed by atoms with van der Waals surface area (Å²) in [5.41, 5.74) is 0.940. The van der Waals surface area contributed by atoms with E-state index in [1.54, 1.807) is 12.4 Å². The molecule has 18 heavy (non-hydrogen) atoms. The normalized spacial score (nSPS) is 11.7. The van der Waals surface area contributed by atoms with E-state index < -0.39 is 6.43 Å². The first-order valence-corrected chi connectivity index (χ1v) is 6.38. The fourth-order valence-electron chi connectivity index (χ4n) is 1.75. The SMILES string of the molecule is CCN(CC)CCNCc1cnn(CC(F)F)c1. The Morgan fingerprint density at radius 3 is 2.72 bits per heavy atom. The molecule has 0 fully saturated rings. The second kappa shape index (κ2) is 8.16. The maximum Gasteiger partial charge on any atom is 0.257 e. The highest BCUT2D eigenvalue weighted by Crippen LogP contribution is 2.01. The molecule has 0 aliphatic rings. The highest BCUT2D eigenvalue weighted by Gasteiger charge is 2.05. The third kappa shape index (κ3) is 5.55. The van der Waals surface area contributed by atoms with Gasteiger partial charge in [-0.05, 0) is 13.1 Å². The van der Waals surface area contributed by atoms with Gasteiger partial charge in [-0.2, -0.15) is 5.10 Å². The van der Waals surface area contributed by atoms with E-state index in [1.807, 2.05) is 0 Å². The molecule has 0 saturated carbocycles. The molecule has 0 aromatic carbocycles. The second-order valence-electron chi connectivity index (χ2n) is 4.17. The van der Waals surface area contributed by atoms with Crippen LogP contribution < -0.4 is 5.32 Å². The topological polar surface area (TPSA) is 33.1 Å². The third-order valence-corrected chi connectivity index (χ3v) is 2.84. The van der Waals surface area contributed by atoms with Crippen molar-refractivity contribution in [3.63, 3.8) is 0 Å². The van der Waals surface area contributed by atoms with Crippen molar-refractivity contribution in [2.24, 2.45) is 0 Å².